The molecule has 0 aliphatic carbocycles. The number of nitriles is 1. The highest BCUT2D eigenvalue weighted by atomic mass is 35.5. The summed E-state index contributed by atoms with van der Waals surface area (Å²) in [7, 11) is 0. The van der Waals surface area contributed by atoms with Crippen LogP contribution in [0.1, 0.15) is 31.0 Å². The fourth-order valence-corrected chi connectivity index (χ4v) is 1.92. The maximum absolute atomic E-state index is 8.78. The van der Waals surface area contributed by atoms with Gasteiger partial charge in [-0.25, -0.2) is 0 Å². The van der Waals surface area contributed by atoms with Crippen LogP contribution in [0.4, 0.5) is 5.69 Å². The smallest absolute Gasteiger partial charge is 0.0992 e. The molecule has 5 heteroatoms. The quantitative estimate of drug-likeness (QED) is 0.927. The standard InChI is InChI=1S/C14H15ClN4/c1-10(2)19-9-12(8-18-19)7-17-14-4-3-11(6-16)5-13(14)15/h3-5,8-10,17H,7H2,1-2H3. The van der Waals surface area contributed by atoms with Gasteiger partial charge in [-0.3, -0.25) is 4.68 Å². The molecule has 0 saturated heterocycles. The Hall–Kier alpha value is -1.99. The van der Waals surface area contributed by atoms with E-state index in [0.29, 0.717) is 23.2 Å². The Labute approximate surface area is 117 Å². The summed E-state index contributed by atoms with van der Waals surface area (Å²) < 4.78 is 1.91. The van der Waals surface area contributed by atoms with E-state index in [9.17, 15) is 0 Å². The van der Waals surface area contributed by atoms with Crippen molar-refractivity contribution < 1.29 is 0 Å². The molecule has 1 N–H and O–H groups in total. The van der Waals surface area contributed by atoms with E-state index in [1.165, 1.54) is 0 Å². The Balaban J connectivity index is 2.04. The Morgan fingerprint density at radius 1 is 1.47 bits per heavy atom. The van der Waals surface area contributed by atoms with Gasteiger partial charge in [-0.05, 0) is 32.0 Å². The van der Waals surface area contributed by atoms with Gasteiger partial charge in [0.25, 0.3) is 0 Å². The van der Waals surface area contributed by atoms with E-state index in [1.807, 2.05) is 23.1 Å². The molecule has 1 aromatic heterocycles. The molecule has 4 nitrogen and oxygen atoms in total. The van der Waals surface area contributed by atoms with E-state index in [0.717, 1.165) is 11.3 Å². The lowest BCUT2D eigenvalue weighted by Crippen LogP contribution is -2.01. The molecular formula is C14H15ClN4. The minimum atomic E-state index is 0.354. The molecule has 0 unspecified atom stereocenters. The number of aromatic nitrogens is 2. The maximum Gasteiger partial charge on any atom is 0.0992 e. The molecule has 0 aliphatic rings. The van der Waals surface area contributed by atoms with Crippen molar-refractivity contribution in [2.24, 2.45) is 0 Å². The highest BCUT2D eigenvalue weighted by Gasteiger charge is 2.04. The van der Waals surface area contributed by atoms with E-state index < -0.39 is 0 Å². The molecule has 0 atom stereocenters. The second kappa shape index (κ2) is 5.77. The van der Waals surface area contributed by atoms with Crippen molar-refractivity contribution in [1.29, 1.82) is 5.26 Å². The van der Waals surface area contributed by atoms with Gasteiger partial charge in [0.2, 0.25) is 0 Å². The van der Waals surface area contributed by atoms with Crippen LogP contribution >= 0.6 is 11.6 Å². The monoisotopic (exact) mass is 274 g/mol. The predicted octanol–water partition coefficient (Wildman–Crippen LogP) is 3.60. The van der Waals surface area contributed by atoms with Crippen LogP contribution in [0.15, 0.2) is 30.6 Å². The molecule has 0 fully saturated rings. The third-order valence-corrected chi connectivity index (χ3v) is 3.08. The van der Waals surface area contributed by atoms with Gasteiger partial charge in [-0.15, -0.1) is 0 Å². The SMILES string of the molecule is CC(C)n1cc(CNc2ccc(C#N)cc2Cl)cn1. The molecule has 2 rings (SSSR count). The number of nitrogens with one attached hydrogen (secondary N) is 1. The fraction of sp³-hybridized carbons (Fsp3) is 0.286. The van der Waals surface area contributed by atoms with Crippen molar-refractivity contribution in [1.82, 2.24) is 9.78 Å². The van der Waals surface area contributed by atoms with Crippen LogP contribution in [-0.2, 0) is 6.54 Å². The summed E-state index contributed by atoms with van der Waals surface area (Å²) in [5, 5.41) is 16.8. The number of benzene rings is 1. The second-order valence-electron chi connectivity index (χ2n) is 4.58. The van der Waals surface area contributed by atoms with Gasteiger partial charge in [-0.2, -0.15) is 10.4 Å². The first-order valence-corrected chi connectivity index (χ1v) is 6.44. The van der Waals surface area contributed by atoms with Crippen molar-refractivity contribution in [3.8, 4) is 6.07 Å². The van der Waals surface area contributed by atoms with Crippen LogP contribution in [0.2, 0.25) is 5.02 Å². The van der Waals surface area contributed by atoms with Crippen LogP contribution in [-0.4, -0.2) is 9.78 Å². The molecule has 0 aliphatic heterocycles. The zero-order valence-electron chi connectivity index (χ0n) is 10.9. The molecule has 0 saturated carbocycles. The van der Waals surface area contributed by atoms with Crippen molar-refractivity contribution in [2.45, 2.75) is 26.4 Å². The number of hydrogen-bond donors (Lipinski definition) is 1. The Morgan fingerprint density at radius 2 is 2.26 bits per heavy atom. The summed E-state index contributed by atoms with van der Waals surface area (Å²) in [6.07, 6.45) is 3.85. The summed E-state index contributed by atoms with van der Waals surface area (Å²) >= 11 is 6.10. The summed E-state index contributed by atoms with van der Waals surface area (Å²) in [6.45, 7) is 4.82. The third-order valence-electron chi connectivity index (χ3n) is 2.77. The largest absolute Gasteiger partial charge is 0.380 e. The first kappa shape index (κ1) is 13.4. The van der Waals surface area contributed by atoms with Crippen LogP contribution < -0.4 is 5.32 Å². The van der Waals surface area contributed by atoms with Gasteiger partial charge < -0.3 is 5.32 Å². The Bertz CT molecular complexity index is 610. The fourth-order valence-electron chi connectivity index (χ4n) is 1.68. The topological polar surface area (TPSA) is 53.6 Å². The molecule has 0 radical (unpaired) electrons. The van der Waals surface area contributed by atoms with Gasteiger partial charge in [-0.1, -0.05) is 11.6 Å². The minimum absolute atomic E-state index is 0.354. The summed E-state index contributed by atoms with van der Waals surface area (Å²) in [6, 6.07) is 7.62. The van der Waals surface area contributed by atoms with Crippen LogP contribution in [0, 0.1) is 11.3 Å². The third kappa shape index (κ3) is 3.27. The Morgan fingerprint density at radius 3 is 2.84 bits per heavy atom. The van der Waals surface area contributed by atoms with Crippen molar-refractivity contribution in [3.63, 3.8) is 0 Å². The zero-order chi connectivity index (χ0) is 13.8. The molecule has 98 valence electrons. The van der Waals surface area contributed by atoms with Crippen LogP contribution in [0.5, 0.6) is 0 Å². The zero-order valence-corrected chi connectivity index (χ0v) is 11.6. The number of anilines is 1. The van der Waals surface area contributed by atoms with E-state index in [4.69, 9.17) is 16.9 Å². The van der Waals surface area contributed by atoms with Crippen LogP contribution in [0.3, 0.4) is 0 Å². The van der Waals surface area contributed by atoms with E-state index >= 15 is 0 Å². The lowest BCUT2D eigenvalue weighted by atomic mass is 10.2. The lowest BCUT2D eigenvalue weighted by Gasteiger charge is -2.07. The molecule has 0 spiro atoms. The molecule has 19 heavy (non-hydrogen) atoms. The average molecular weight is 275 g/mol. The molecule has 1 heterocycles. The number of halogens is 1. The van der Waals surface area contributed by atoms with E-state index in [-0.39, 0.29) is 0 Å². The van der Waals surface area contributed by atoms with Gasteiger partial charge in [0.15, 0.2) is 0 Å². The summed E-state index contributed by atoms with van der Waals surface area (Å²) in [5.74, 6) is 0. The highest BCUT2D eigenvalue weighted by molar-refractivity contribution is 6.33. The van der Waals surface area contributed by atoms with E-state index in [2.05, 4.69) is 30.3 Å². The predicted molar refractivity (Wildman–Crippen MR) is 76.1 cm³/mol. The van der Waals surface area contributed by atoms with Gasteiger partial charge in [0.05, 0.1) is 28.5 Å². The van der Waals surface area contributed by atoms with Crippen molar-refractivity contribution >= 4 is 17.3 Å². The number of nitrogens with zero attached hydrogens (tertiary/aromatic N) is 3. The normalized spacial score (nSPS) is 10.5. The number of hydrogen-bond acceptors (Lipinski definition) is 3. The van der Waals surface area contributed by atoms with Gasteiger partial charge in [0.1, 0.15) is 0 Å². The van der Waals surface area contributed by atoms with Gasteiger partial charge in [0, 0.05) is 24.3 Å². The summed E-state index contributed by atoms with van der Waals surface area (Å²) in [5.41, 5.74) is 2.47. The molecule has 1 aromatic carbocycles. The minimum Gasteiger partial charge on any atom is -0.380 e. The van der Waals surface area contributed by atoms with E-state index in [1.54, 1.807) is 12.1 Å². The first-order chi connectivity index (χ1) is 9.10. The summed E-state index contributed by atoms with van der Waals surface area (Å²) in [4.78, 5) is 0. The lowest BCUT2D eigenvalue weighted by molar-refractivity contribution is 0.532. The second-order valence-corrected chi connectivity index (χ2v) is 4.99. The molecule has 0 amide bonds. The molecule has 2 aromatic rings. The van der Waals surface area contributed by atoms with Crippen LogP contribution in [0.25, 0.3) is 0 Å². The molecule has 0 bridgehead atoms. The van der Waals surface area contributed by atoms with Gasteiger partial charge >= 0.3 is 0 Å². The maximum atomic E-state index is 8.78. The average Bonchev–Trinajstić information content (AvgIpc) is 2.86. The highest BCUT2D eigenvalue weighted by Crippen LogP contribution is 2.23. The molecular weight excluding hydrogens is 260 g/mol. The number of rotatable bonds is 4. The van der Waals surface area contributed by atoms with Crippen molar-refractivity contribution in [2.75, 3.05) is 5.32 Å². The Kier molecular flexibility index (Phi) is 4.08. The van der Waals surface area contributed by atoms with Crippen molar-refractivity contribution in [3.05, 3.63) is 46.7 Å². The first-order valence-electron chi connectivity index (χ1n) is 6.06.